The van der Waals surface area contributed by atoms with Gasteiger partial charge in [-0.05, 0) is 37.8 Å². The zero-order chi connectivity index (χ0) is 13.5. The lowest BCUT2D eigenvalue weighted by molar-refractivity contribution is 0.568. The van der Waals surface area contributed by atoms with Crippen molar-refractivity contribution in [2.24, 2.45) is 5.92 Å². The van der Waals surface area contributed by atoms with Crippen LogP contribution in [0, 0.1) is 12.8 Å². The number of benzene rings is 1. The highest BCUT2D eigenvalue weighted by Gasteiger charge is 2.21. The van der Waals surface area contributed by atoms with Crippen molar-refractivity contribution in [3.8, 4) is 0 Å². The van der Waals surface area contributed by atoms with Gasteiger partial charge in [0.25, 0.3) is 0 Å². The van der Waals surface area contributed by atoms with Gasteiger partial charge in [-0.15, -0.1) is 0 Å². The zero-order valence-electron chi connectivity index (χ0n) is 12.4. The third-order valence-electron chi connectivity index (χ3n) is 2.85. The maximum Gasteiger partial charge on any atom is 0.0923 e. The van der Waals surface area contributed by atoms with Crippen LogP contribution in [0.2, 0.25) is 0 Å². The second kappa shape index (κ2) is 7.20. The molecule has 0 unspecified atom stereocenters. The van der Waals surface area contributed by atoms with Gasteiger partial charge >= 0.3 is 0 Å². The minimum Gasteiger partial charge on any atom is -0.271 e. The SMILES string of the molecule is CC.CC.Cc1ccc2nn(CC3CC3)cc2c1. The first kappa shape index (κ1) is 14.7. The minimum absolute atomic E-state index is 0.894. The van der Waals surface area contributed by atoms with Gasteiger partial charge < -0.3 is 0 Å². The standard InChI is InChI=1S/C12H14N2.2C2H6/c1-9-2-5-12-11(6-9)8-14(13-12)7-10-3-4-10;2*1-2/h2,5-6,8,10H,3-4,7H2,1H3;2*1-2H3. The lowest BCUT2D eigenvalue weighted by Crippen LogP contribution is -1.99. The van der Waals surface area contributed by atoms with E-state index >= 15 is 0 Å². The summed E-state index contributed by atoms with van der Waals surface area (Å²) in [6.07, 6.45) is 4.94. The van der Waals surface area contributed by atoms with E-state index in [1.807, 2.05) is 27.7 Å². The van der Waals surface area contributed by atoms with Gasteiger partial charge in [-0.2, -0.15) is 5.10 Å². The predicted octanol–water partition coefficient (Wildman–Crippen LogP) is 4.81. The molecule has 0 saturated heterocycles. The summed E-state index contributed by atoms with van der Waals surface area (Å²) in [6.45, 7) is 11.2. The number of hydrogen-bond acceptors (Lipinski definition) is 1. The first-order valence-electron chi connectivity index (χ1n) is 7.25. The second-order valence-electron chi connectivity index (χ2n) is 4.36. The average molecular weight is 246 g/mol. The maximum atomic E-state index is 4.55. The van der Waals surface area contributed by atoms with E-state index < -0.39 is 0 Å². The van der Waals surface area contributed by atoms with E-state index in [1.54, 1.807) is 0 Å². The predicted molar refractivity (Wildman–Crippen MR) is 79.9 cm³/mol. The Balaban J connectivity index is 0.000000371. The Morgan fingerprint density at radius 3 is 2.44 bits per heavy atom. The Labute approximate surface area is 111 Å². The van der Waals surface area contributed by atoms with E-state index in [1.165, 1.54) is 23.8 Å². The van der Waals surface area contributed by atoms with Crippen LogP contribution in [0.25, 0.3) is 10.9 Å². The van der Waals surface area contributed by atoms with E-state index in [0.29, 0.717) is 0 Å². The van der Waals surface area contributed by atoms with E-state index in [4.69, 9.17) is 0 Å². The van der Waals surface area contributed by atoms with Crippen LogP contribution < -0.4 is 0 Å². The first-order chi connectivity index (χ1) is 8.81. The van der Waals surface area contributed by atoms with Crippen LogP contribution >= 0.6 is 0 Å². The normalized spacial score (nSPS) is 13.4. The molecule has 1 aliphatic rings. The summed E-state index contributed by atoms with van der Waals surface area (Å²) in [5.41, 5.74) is 2.43. The smallest absolute Gasteiger partial charge is 0.0923 e. The number of fused-ring (bicyclic) bond motifs is 1. The van der Waals surface area contributed by atoms with Gasteiger partial charge in [0.1, 0.15) is 0 Å². The molecule has 0 atom stereocenters. The molecule has 0 N–H and O–H groups in total. The summed E-state index contributed by atoms with van der Waals surface area (Å²) in [5.74, 6) is 0.894. The van der Waals surface area contributed by atoms with Gasteiger partial charge in [-0.25, -0.2) is 0 Å². The lowest BCUT2D eigenvalue weighted by Gasteiger charge is -1.95. The summed E-state index contributed by atoms with van der Waals surface area (Å²) in [5, 5.41) is 5.82. The Bertz CT molecular complexity index is 467. The highest BCUT2D eigenvalue weighted by atomic mass is 15.3. The van der Waals surface area contributed by atoms with Crippen LogP contribution in [-0.2, 0) is 6.54 Å². The van der Waals surface area contributed by atoms with Gasteiger partial charge in [-0.3, -0.25) is 4.68 Å². The van der Waals surface area contributed by atoms with Crippen LogP contribution in [0.5, 0.6) is 0 Å². The maximum absolute atomic E-state index is 4.55. The molecule has 2 nitrogen and oxygen atoms in total. The lowest BCUT2D eigenvalue weighted by atomic mass is 10.2. The van der Waals surface area contributed by atoms with Gasteiger partial charge in [0.2, 0.25) is 0 Å². The minimum atomic E-state index is 0.894. The second-order valence-corrected chi connectivity index (χ2v) is 4.36. The Kier molecular flexibility index (Phi) is 5.90. The van der Waals surface area contributed by atoms with Gasteiger partial charge in [0, 0.05) is 18.1 Å². The van der Waals surface area contributed by atoms with Crippen LogP contribution in [0.4, 0.5) is 0 Å². The summed E-state index contributed by atoms with van der Waals surface area (Å²) in [4.78, 5) is 0. The summed E-state index contributed by atoms with van der Waals surface area (Å²) in [6, 6.07) is 6.43. The Hall–Kier alpha value is -1.31. The quantitative estimate of drug-likeness (QED) is 0.743. The van der Waals surface area contributed by atoms with Gasteiger partial charge in [-0.1, -0.05) is 39.3 Å². The van der Waals surface area contributed by atoms with Crippen molar-refractivity contribution in [3.05, 3.63) is 30.0 Å². The number of aromatic nitrogens is 2. The molecule has 18 heavy (non-hydrogen) atoms. The molecule has 1 aliphatic carbocycles. The highest BCUT2D eigenvalue weighted by molar-refractivity contribution is 5.78. The number of nitrogens with zero attached hydrogens (tertiary/aromatic N) is 2. The summed E-state index contributed by atoms with van der Waals surface area (Å²) < 4.78 is 2.10. The van der Waals surface area contributed by atoms with Crippen molar-refractivity contribution >= 4 is 10.9 Å². The molecule has 0 radical (unpaired) electrons. The van der Waals surface area contributed by atoms with Gasteiger partial charge in [0.05, 0.1) is 5.52 Å². The third-order valence-corrected chi connectivity index (χ3v) is 2.85. The topological polar surface area (TPSA) is 17.8 Å². The molecule has 100 valence electrons. The Morgan fingerprint density at radius 2 is 1.83 bits per heavy atom. The molecular weight excluding hydrogens is 220 g/mol. The van der Waals surface area contributed by atoms with E-state index in [2.05, 4.69) is 41.1 Å². The first-order valence-corrected chi connectivity index (χ1v) is 7.25. The van der Waals surface area contributed by atoms with Crippen molar-refractivity contribution in [2.75, 3.05) is 0 Å². The fourth-order valence-corrected chi connectivity index (χ4v) is 1.85. The molecule has 2 heteroatoms. The van der Waals surface area contributed by atoms with Crippen molar-refractivity contribution < 1.29 is 0 Å². The van der Waals surface area contributed by atoms with Crippen LogP contribution in [0.1, 0.15) is 46.1 Å². The van der Waals surface area contributed by atoms with Crippen molar-refractivity contribution in [2.45, 2.75) is 54.0 Å². The van der Waals surface area contributed by atoms with Crippen LogP contribution in [0.15, 0.2) is 24.4 Å². The van der Waals surface area contributed by atoms with Crippen molar-refractivity contribution in [3.63, 3.8) is 0 Å². The molecule has 2 aromatic rings. The van der Waals surface area contributed by atoms with E-state index in [9.17, 15) is 0 Å². The molecule has 1 saturated carbocycles. The molecule has 1 heterocycles. The fourth-order valence-electron chi connectivity index (χ4n) is 1.85. The molecule has 0 spiro atoms. The number of hydrogen-bond donors (Lipinski definition) is 0. The molecule has 0 aliphatic heterocycles. The highest BCUT2D eigenvalue weighted by Crippen LogP contribution is 2.30. The monoisotopic (exact) mass is 246 g/mol. The summed E-state index contributed by atoms with van der Waals surface area (Å²) >= 11 is 0. The van der Waals surface area contributed by atoms with Crippen molar-refractivity contribution in [1.82, 2.24) is 9.78 Å². The van der Waals surface area contributed by atoms with Crippen LogP contribution in [-0.4, -0.2) is 9.78 Å². The van der Waals surface area contributed by atoms with Crippen molar-refractivity contribution in [1.29, 1.82) is 0 Å². The summed E-state index contributed by atoms with van der Waals surface area (Å²) in [7, 11) is 0. The van der Waals surface area contributed by atoms with E-state index in [0.717, 1.165) is 18.0 Å². The fraction of sp³-hybridized carbons (Fsp3) is 0.562. The van der Waals surface area contributed by atoms with Gasteiger partial charge in [0.15, 0.2) is 0 Å². The number of rotatable bonds is 2. The Morgan fingerprint density at radius 1 is 1.17 bits per heavy atom. The molecule has 1 fully saturated rings. The molecular formula is C16H26N2. The molecule has 1 aromatic heterocycles. The molecule has 3 rings (SSSR count). The third kappa shape index (κ3) is 3.86. The van der Waals surface area contributed by atoms with E-state index in [-0.39, 0.29) is 0 Å². The molecule has 0 amide bonds. The largest absolute Gasteiger partial charge is 0.271 e. The number of aryl methyl sites for hydroxylation is 1. The average Bonchev–Trinajstić information content (AvgIpc) is 3.12. The van der Waals surface area contributed by atoms with Crippen LogP contribution in [0.3, 0.4) is 0 Å². The molecule has 1 aromatic carbocycles. The zero-order valence-corrected chi connectivity index (χ0v) is 12.4. The molecule has 0 bridgehead atoms.